The van der Waals surface area contributed by atoms with E-state index in [2.05, 4.69) is 5.32 Å². The highest BCUT2D eigenvalue weighted by atomic mass is 16.4. The van der Waals surface area contributed by atoms with Crippen LogP contribution in [0.25, 0.3) is 0 Å². The van der Waals surface area contributed by atoms with Crippen molar-refractivity contribution in [2.24, 2.45) is 17.8 Å². The Labute approximate surface area is 126 Å². The molecule has 0 bridgehead atoms. The molecule has 1 aliphatic heterocycles. The lowest BCUT2D eigenvalue weighted by Crippen LogP contribution is -2.48. The van der Waals surface area contributed by atoms with E-state index in [-0.39, 0.29) is 11.9 Å². The molecule has 2 saturated carbocycles. The molecule has 0 aromatic heterocycles. The average molecular weight is 294 g/mol. The van der Waals surface area contributed by atoms with Gasteiger partial charge in [0.1, 0.15) is 6.04 Å². The molecule has 3 aliphatic rings. The maximum Gasteiger partial charge on any atom is 0.326 e. The summed E-state index contributed by atoms with van der Waals surface area (Å²) in [7, 11) is 0. The number of likely N-dealkylation sites (tertiary alicyclic amines) is 1. The largest absolute Gasteiger partial charge is 0.480 e. The van der Waals surface area contributed by atoms with Crippen LogP contribution < -0.4 is 5.32 Å². The molecule has 5 heteroatoms. The molecular formula is C16H26N2O3. The predicted octanol–water partition coefficient (Wildman–Crippen LogP) is 2.46. The van der Waals surface area contributed by atoms with Crippen LogP contribution in [0.3, 0.4) is 0 Å². The highest BCUT2D eigenvalue weighted by Crippen LogP contribution is 2.42. The summed E-state index contributed by atoms with van der Waals surface area (Å²) in [4.78, 5) is 25.4. The van der Waals surface area contributed by atoms with Gasteiger partial charge < -0.3 is 15.3 Å². The Hall–Kier alpha value is -1.26. The number of carbonyl (C=O) groups excluding carboxylic acids is 1. The zero-order chi connectivity index (χ0) is 14.8. The quantitative estimate of drug-likeness (QED) is 0.837. The molecule has 0 aromatic carbocycles. The van der Waals surface area contributed by atoms with E-state index in [1.807, 2.05) is 0 Å². The predicted molar refractivity (Wildman–Crippen MR) is 78.9 cm³/mol. The third kappa shape index (κ3) is 3.01. The minimum atomic E-state index is -0.838. The smallest absolute Gasteiger partial charge is 0.326 e. The molecule has 5 nitrogen and oxygen atoms in total. The third-order valence-corrected chi connectivity index (χ3v) is 5.71. The zero-order valence-corrected chi connectivity index (χ0v) is 12.6. The lowest BCUT2D eigenvalue weighted by molar-refractivity contribution is -0.142. The van der Waals surface area contributed by atoms with Crippen molar-refractivity contribution in [2.45, 2.75) is 57.4 Å². The van der Waals surface area contributed by atoms with E-state index in [0.717, 1.165) is 31.6 Å². The molecule has 3 unspecified atom stereocenters. The second kappa shape index (κ2) is 6.24. The lowest BCUT2D eigenvalue weighted by Gasteiger charge is -2.25. The summed E-state index contributed by atoms with van der Waals surface area (Å²) in [5, 5.41) is 12.4. The topological polar surface area (TPSA) is 69.6 Å². The van der Waals surface area contributed by atoms with Crippen molar-refractivity contribution < 1.29 is 14.7 Å². The summed E-state index contributed by atoms with van der Waals surface area (Å²) in [5.41, 5.74) is 0. The molecule has 3 fully saturated rings. The van der Waals surface area contributed by atoms with Crippen molar-refractivity contribution in [3.63, 3.8) is 0 Å². The number of carboxylic acids is 1. The van der Waals surface area contributed by atoms with Gasteiger partial charge in [-0.1, -0.05) is 32.1 Å². The first-order valence-corrected chi connectivity index (χ1v) is 8.44. The molecule has 21 heavy (non-hydrogen) atoms. The molecule has 0 spiro atoms. The van der Waals surface area contributed by atoms with Gasteiger partial charge in [0.05, 0.1) is 0 Å². The Morgan fingerprint density at radius 2 is 1.86 bits per heavy atom. The first-order valence-electron chi connectivity index (χ1n) is 8.44. The minimum absolute atomic E-state index is 0.170. The number of hydrogen-bond acceptors (Lipinski definition) is 2. The van der Waals surface area contributed by atoms with Crippen LogP contribution in [0.4, 0.5) is 4.79 Å². The van der Waals surface area contributed by atoms with Crippen LogP contribution in [0.15, 0.2) is 0 Å². The van der Waals surface area contributed by atoms with Crippen molar-refractivity contribution in [3.05, 3.63) is 0 Å². The van der Waals surface area contributed by atoms with Crippen molar-refractivity contribution in [3.8, 4) is 0 Å². The molecule has 0 radical (unpaired) electrons. The number of fused-ring (bicyclic) bond motifs is 1. The van der Waals surface area contributed by atoms with Crippen LogP contribution in [0.2, 0.25) is 0 Å². The Morgan fingerprint density at radius 1 is 1.10 bits per heavy atom. The molecule has 2 amide bonds. The maximum atomic E-state index is 12.3. The highest BCUT2D eigenvalue weighted by Gasteiger charge is 2.49. The monoisotopic (exact) mass is 294 g/mol. The summed E-state index contributed by atoms with van der Waals surface area (Å²) >= 11 is 0. The van der Waals surface area contributed by atoms with Gasteiger partial charge in [-0.3, -0.25) is 0 Å². The number of rotatable bonds is 4. The van der Waals surface area contributed by atoms with Gasteiger partial charge in [0.15, 0.2) is 0 Å². The summed E-state index contributed by atoms with van der Waals surface area (Å²) < 4.78 is 0. The number of nitrogens with one attached hydrogen (secondary N) is 1. The molecule has 3 atom stereocenters. The Kier molecular flexibility index (Phi) is 4.36. The van der Waals surface area contributed by atoms with Crippen LogP contribution in [0, 0.1) is 17.8 Å². The standard InChI is InChI=1S/C16H26N2O3/c19-15(20)14-13-7-3-6-12(13)10-18(14)16(21)17-9-8-11-4-1-2-5-11/h11-14H,1-10H2,(H,17,21)(H,19,20). The van der Waals surface area contributed by atoms with Crippen molar-refractivity contribution in [2.75, 3.05) is 13.1 Å². The van der Waals surface area contributed by atoms with Gasteiger partial charge in [-0.05, 0) is 37.0 Å². The normalized spacial score (nSPS) is 32.4. The van der Waals surface area contributed by atoms with Crippen molar-refractivity contribution in [1.82, 2.24) is 10.2 Å². The number of hydrogen-bond donors (Lipinski definition) is 2. The van der Waals surface area contributed by atoms with Gasteiger partial charge in [-0.2, -0.15) is 0 Å². The fourth-order valence-corrected chi connectivity index (χ4v) is 4.61. The summed E-state index contributed by atoms with van der Waals surface area (Å²) in [5.74, 6) is 0.476. The molecule has 0 aromatic rings. The van der Waals surface area contributed by atoms with Crippen LogP contribution >= 0.6 is 0 Å². The molecule has 3 rings (SSSR count). The van der Waals surface area contributed by atoms with E-state index in [0.29, 0.717) is 19.0 Å². The number of carboxylic acid groups (broad SMARTS) is 1. The second-order valence-corrected chi connectivity index (χ2v) is 6.96. The number of carbonyl (C=O) groups is 2. The number of urea groups is 1. The van der Waals surface area contributed by atoms with Crippen LogP contribution in [0.1, 0.15) is 51.4 Å². The maximum absolute atomic E-state index is 12.3. The Morgan fingerprint density at radius 3 is 2.57 bits per heavy atom. The minimum Gasteiger partial charge on any atom is -0.480 e. The molecule has 1 heterocycles. The van der Waals surface area contributed by atoms with E-state index in [9.17, 15) is 14.7 Å². The van der Waals surface area contributed by atoms with Gasteiger partial charge in [0, 0.05) is 13.1 Å². The SMILES string of the molecule is O=C(O)C1C2CCCC2CN1C(=O)NCCC1CCCC1. The molecule has 2 aliphatic carbocycles. The van der Waals surface area contributed by atoms with Gasteiger partial charge in [-0.25, -0.2) is 9.59 Å². The fraction of sp³-hybridized carbons (Fsp3) is 0.875. The van der Waals surface area contributed by atoms with E-state index in [4.69, 9.17) is 0 Å². The van der Waals surface area contributed by atoms with Crippen LogP contribution in [-0.2, 0) is 4.79 Å². The summed E-state index contributed by atoms with van der Waals surface area (Å²) in [6.45, 7) is 1.30. The average Bonchev–Trinajstić information content (AvgIpc) is 3.13. The number of nitrogens with zero attached hydrogens (tertiary/aromatic N) is 1. The molecule has 118 valence electrons. The van der Waals surface area contributed by atoms with E-state index in [1.54, 1.807) is 4.90 Å². The van der Waals surface area contributed by atoms with Crippen molar-refractivity contribution in [1.29, 1.82) is 0 Å². The fourth-order valence-electron chi connectivity index (χ4n) is 4.61. The Bertz CT molecular complexity index is 406. The molecule has 2 N–H and O–H groups in total. The van der Waals surface area contributed by atoms with E-state index in [1.165, 1.54) is 25.7 Å². The summed E-state index contributed by atoms with van der Waals surface area (Å²) in [6, 6.07) is -0.779. The third-order valence-electron chi connectivity index (χ3n) is 5.71. The number of aliphatic carboxylic acids is 1. The number of amides is 2. The van der Waals surface area contributed by atoms with Crippen molar-refractivity contribution >= 4 is 12.0 Å². The second-order valence-electron chi connectivity index (χ2n) is 6.96. The van der Waals surface area contributed by atoms with E-state index < -0.39 is 12.0 Å². The highest BCUT2D eigenvalue weighted by molar-refractivity contribution is 5.83. The van der Waals surface area contributed by atoms with Crippen LogP contribution in [-0.4, -0.2) is 41.1 Å². The van der Waals surface area contributed by atoms with Gasteiger partial charge in [-0.15, -0.1) is 0 Å². The first kappa shape index (κ1) is 14.7. The van der Waals surface area contributed by atoms with Gasteiger partial charge in [0.25, 0.3) is 0 Å². The first-order chi connectivity index (χ1) is 10.2. The van der Waals surface area contributed by atoms with Crippen LogP contribution in [0.5, 0.6) is 0 Å². The zero-order valence-electron chi connectivity index (χ0n) is 12.6. The van der Waals surface area contributed by atoms with Gasteiger partial charge >= 0.3 is 12.0 Å². The Balaban J connectivity index is 1.52. The summed E-state index contributed by atoms with van der Waals surface area (Å²) in [6.07, 6.45) is 9.35. The van der Waals surface area contributed by atoms with E-state index >= 15 is 0 Å². The molecule has 1 saturated heterocycles. The lowest BCUT2D eigenvalue weighted by atomic mass is 9.94. The molecular weight excluding hydrogens is 268 g/mol. The van der Waals surface area contributed by atoms with Gasteiger partial charge in [0.2, 0.25) is 0 Å².